The first-order valence-electron chi connectivity index (χ1n) is 13.3. The van der Waals surface area contributed by atoms with Crippen LogP contribution in [0.5, 0.6) is 0 Å². The number of nitrogens with zero attached hydrogens (tertiary/aromatic N) is 3. The number of hydrogen-bond donors (Lipinski definition) is 1. The Morgan fingerprint density at radius 1 is 1.03 bits per heavy atom. The van der Waals surface area contributed by atoms with E-state index in [2.05, 4.69) is 22.0 Å². The number of carbonyl (C=O) groups is 2. The van der Waals surface area contributed by atoms with Crippen LogP contribution in [-0.4, -0.2) is 84.4 Å². The van der Waals surface area contributed by atoms with Gasteiger partial charge in [0.15, 0.2) is 0 Å². The molecule has 2 saturated heterocycles. The number of piperazine rings is 1. The van der Waals surface area contributed by atoms with Crippen LogP contribution in [0.1, 0.15) is 68.6 Å². The molecule has 7 heteroatoms. The monoisotopic (exact) mass is 472 g/mol. The van der Waals surface area contributed by atoms with E-state index in [1.165, 1.54) is 50.8 Å². The fourth-order valence-corrected chi connectivity index (χ4v) is 6.05. The molecule has 6 nitrogen and oxygen atoms in total. The number of halogens is 1. The summed E-state index contributed by atoms with van der Waals surface area (Å²) in [6, 6.07) is 6.44. The molecular formula is C27H41FN4O2. The van der Waals surface area contributed by atoms with Gasteiger partial charge < -0.3 is 15.1 Å². The first kappa shape index (κ1) is 25.1. The molecule has 0 bridgehead atoms. The van der Waals surface area contributed by atoms with Crippen molar-refractivity contribution in [1.29, 1.82) is 0 Å². The Hall–Kier alpha value is -1.99. The molecule has 2 heterocycles. The molecule has 1 aromatic carbocycles. The second kappa shape index (κ2) is 12.1. The first-order chi connectivity index (χ1) is 16.5. The Morgan fingerprint density at radius 3 is 2.47 bits per heavy atom. The molecule has 2 amide bonds. The third-order valence-electron chi connectivity index (χ3n) is 8.04. The normalized spacial score (nSPS) is 23.7. The molecule has 1 N–H and O–H groups in total. The zero-order chi connectivity index (χ0) is 23.9. The largest absolute Gasteiger partial charge is 0.355 e. The second-order valence-corrected chi connectivity index (χ2v) is 10.4. The molecule has 1 aliphatic carbocycles. The Labute approximate surface area is 203 Å². The summed E-state index contributed by atoms with van der Waals surface area (Å²) in [5.41, 5.74) is 0.390. The van der Waals surface area contributed by atoms with Crippen LogP contribution < -0.4 is 5.32 Å². The zero-order valence-corrected chi connectivity index (χ0v) is 20.7. The quantitative estimate of drug-likeness (QED) is 0.588. The number of hydrogen-bond acceptors (Lipinski definition) is 4. The molecule has 188 valence electrons. The highest BCUT2D eigenvalue weighted by Crippen LogP contribution is 2.31. The molecule has 2 aliphatic heterocycles. The van der Waals surface area contributed by atoms with Crippen molar-refractivity contribution in [2.75, 3.05) is 45.8 Å². The van der Waals surface area contributed by atoms with E-state index < -0.39 is 5.82 Å². The van der Waals surface area contributed by atoms with Crippen LogP contribution in [0.15, 0.2) is 24.3 Å². The second-order valence-electron chi connectivity index (χ2n) is 10.4. The third-order valence-corrected chi connectivity index (χ3v) is 8.04. The lowest BCUT2D eigenvalue weighted by atomic mass is 9.95. The predicted octanol–water partition coefficient (Wildman–Crippen LogP) is 3.52. The topological polar surface area (TPSA) is 55.9 Å². The molecule has 1 aromatic rings. The molecule has 0 unspecified atom stereocenters. The van der Waals surface area contributed by atoms with Gasteiger partial charge >= 0.3 is 0 Å². The summed E-state index contributed by atoms with van der Waals surface area (Å²) in [5, 5.41) is 3.25. The van der Waals surface area contributed by atoms with Gasteiger partial charge in [-0.2, -0.15) is 0 Å². The minimum Gasteiger partial charge on any atom is -0.355 e. The van der Waals surface area contributed by atoms with Crippen LogP contribution in [0.2, 0.25) is 0 Å². The number of likely N-dealkylation sites (tertiary alicyclic amines) is 1. The zero-order valence-electron chi connectivity index (χ0n) is 20.7. The highest BCUT2D eigenvalue weighted by atomic mass is 19.1. The number of amides is 2. The van der Waals surface area contributed by atoms with Gasteiger partial charge in [-0.15, -0.1) is 0 Å². The van der Waals surface area contributed by atoms with Gasteiger partial charge in [-0.05, 0) is 69.7 Å². The van der Waals surface area contributed by atoms with Gasteiger partial charge in [0.1, 0.15) is 5.82 Å². The highest BCUT2D eigenvalue weighted by molar-refractivity contribution is 5.94. The maximum Gasteiger partial charge on any atom is 0.254 e. The number of carbonyl (C=O) groups excluding carboxylic acids is 2. The smallest absolute Gasteiger partial charge is 0.254 e. The fraction of sp³-hybridized carbons (Fsp3) is 0.704. The molecule has 0 spiro atoms. The number of rotatable bonds is 8. The maximum absolute atomic E-state index is 13.6. The van der Waals surface area contributed by atoms with Crippen molar-refractivity contribution in [3.8, 4) is 0 Å². The van der Waals surface area contributed by atoms with Crippen molar-refractivity contribution >= 4 is 11.8 Å². The van der Waals surface area contributed by atoms with Crippen molar-refractivity contribution < 1.29 is 14.0 Å². The number of benzene rings is 1. The van der Waals surface area contributed by atoms with E-state index in [0.29, 0.717) is 43.7 Å². The van der Waals surface area contributed by atoms with Gasteiger partial charge in [0, 0.05) is 50.9 Å². The Morgan fingerprint density at radius 2 is 1.76 bits per heavy atom. The van der Waals surface area contributed by atoms with Crippen LogP contribution in [-0.2, 0) is 4.79 Å². The van der Waals surface area contributed by atoms with Crippen LogP contribution in [0, 0.1) is 11.7 Å². The molecule has 0 radical (unpaired) electrons. The van der Waals surface area contributed by atoms with Gasteiger partial charge in [-0.3, -0.25) is 14.5 Å². The van der Waals surface area contributed by atoms with Gasteiger partial charge in [0.25, 0.3) is 5.91 Å². The first-order valence-corrected chi connectivity index (χ1v) is 13.3. The van der Waals surface area contributed by atoms with E-state index in [9.17, 15) is 14.0 Å². The molecule has 3 fully saturated rings. The molecule has 0 aromatic heterocycles. The van der Waals surface area contributed by atoms with Gasteiger partial charge in [-0.1, -0.05) is 25.3 Å². The van der Waals surface area contributed by atoms with Crippen molar-refractivity contribution in [2.45, 2.75) is 70.4 Å². The van der Waals surface area contributed by atoms with E-state index in [-0.39, 0.29) is 17.9 Å². The molecule has 2 atom stereocenters. The van der Waals surface area contributed by atoms with Crippen LogP contribution in [0.3, 0.4) is 0 Å². The summed E-state index contributed by atoms with van der Waals surface area (Å²) in [6.45, 7) is 7.77. The number of piperidine rings is 1. The summed E-state index contributed by atoms with van der Waals surface area (Å²) in [4.78, 5) is 32.8. The third kappa shape index (κ3) is 6.36. The Balaban J connectivity index is 1.29. The Bertz CT molecular complexity index is 821. The lowest BCUT2D eigenvalue weighted by molar-refractivity contribution is -0.129. The van der Waals surface area contributed by atoms with E-state index in [1.54, 1.807) is 17.0 Å². The van der Waals surface area contributed by atoms with Crippen LogP contribution in [0.4, 0.5) is 4.39 Å². The predicted molar refractivity (Wildman–Crippen MR) is 132 cm³/mol. The average molecular weight is 473 g/mol. The van der Waals surface area contributed by atoms with Crippen molar-refractivity contribution in [1.82, 2.24) is 20.0 Å². The Kier molecular flexibility index (Phi) is 8.95. The molecule has 4 rings (SSSR count). The standard InChI is InChI=1S/C27H41FN4O2/c1-21-8-4-5-14-30(21)15-7-13-29-26(33)25(22-9-2-3-10-22)31-16-18-32(19-17-31)27(34)23-11-6-12-24(28)20-23/h6,11-12,20-22,25H,2-5,7-10,13-19H2,1H3,(H,29,33)/t21-,25+/m1/s1. The average Bonchev–Trinajstić information content (AvgIpc) is 3.37. The minimum atomic E-state index is -0.391. The summed E-state index contributed by atoms with van der Waals surface area (Å²) in [7, 11) is 0. The van der Waals surface area contributed by atoms with Crippen LogP contribution >= 0.6 is 0 Å². The number of nitrogens with one attached hydrogen (secondary N) is 1. The molecule has 3 aliphatic rings. The van der Waals surface area contributed by atoms with E-state index in [0.717, 1.165) is 32.4 Å². The lowest BCUT2D eigenvalue weighted by Crippen LogP contribution is -2.58. The van der Waals surface area contributed by atoms with E-state index in [4.69, 9.17) is 0 Å². The fourth-order valence-electron chi connectivity index (χ4n) is 6.05. The van der Waals surface area contributed by atoms with Crippen molar-refractivity contribution in [3.63, 3.8) is 0 Å². The maximum atomic E-state index is 13.6. The van der Waals surface area contributed by atoms with Crippen LogP contribution in [0.25, 0.3) is 0 Å². The van der Waals surface area contributed by atoms with E-state index >= 15 is 0 Å². The van der Waals surface area contributed by atoms with Crippen molar-refractivity contribution in [3.05, 3.63) is 35.6 Å². The summed E-state index contributed by atoms with van der Waals surface area (Å²) in [5.74, 6) is 0.0289. The minimum absolute atomic E-state index is 0.108. The summed E-state index contributed by atoms with van der Waals surface area (Å²) < 4.78 is 13.6. The SMILES string of the molecule is C[C@@H]1CCCCN1CCCNC(=O)[C@H](C1CCCC1)N1CCN(C(=O)c2cccc(F)c2)CC1. The van der Waals surface area contributed by atoms with Gasteiger partial charge in [0.2, 0.25) is 5.91 Å². The summed E-state index contributed by atoms with van der Waals surface area (Å²) >= 11 is 0. The highest BCUT2D eigenvalue weighted by Gasteiger charge is 2.37. The van der Waals surface area contributed by atoms with Crippen molar-refractivity contribution in [2.24, 2.45) is 5.92 Å². The summed E-state index contributed by atoms with van der Waals surface area (Å²) in [6.07, 6.45) is 9.48. The van der Waals surface area contributed by atoms with Gasteiger partial charge in [0.05, 0.1) is 6.04 Å². The molecular weight excluding hydrogens is 431 g/mol. The van der Waals surface area contributed by atoms with E-state index in [1.807, 2.05) is 0 Å². The lowest BCUT2D eigenvalue weighted by Gasteiger charge is -2.41. The molecule has 34 heavy (non-hydrogen) atoms. The molecule has 1 saturated carbocycles. The van der Waals surface area contributed by atoms with Gasteiger partial charge in [-0.25, -0.2) is 4.39 Å².